The van der Waals surface area contributed by atoms with Crippen LogP contribution >= 0.6 is 16.3 Å². The Morgan fingerprint density at radius 3 is 2.39 bits per heavy atom. The largest absolute Gasteiger partial charge is 0.702 e. The van der Waals surface area contributed by atoms with Gasteiger partial charge in [-0.25, -0.2) is 0 Å². The maximum absolute atomic E-state index is 11.0. The molecule has 3 atom stereocenters. The molecular formula is C7H7NO8P2+2. The molecule has 3 unspecified atom stereocenters. The van der Waals surface area contributed by atoms with E-state index in [4.69, 9.17) is 9.79 Å². The molecule has 0 aliphatic rings. The van der Waals surface area contributed by atoms with Crippen LogP contribution in [0.5, 0.6) is 0 Å². The van der Waals surface area contributed by atoms with Crippen LogP contribution in [0, 0.1) is 10.1 Å². The van der Waals surface area contributed by atoms with Crippen LogP contribution in [-0.2, 0) is 19.2 Å². The number of non-ortho nitro benzene ring substituents is 1. The molecule has 0 radical (unpaired) electrons. The van der Waals surface area contributed by atoms with Gasteiger partial charge < -0.3 is 5.11 Å². The van der Waals surface area contributed by atoms with Crippen LogP contribution < -0.4 is 0 Å². The van der Waals surface area contributed by atoms with Gasteiger partial charge in [0.25, 0.3) is 5.69 Å². The standard InChI is InChI=1S/C7H5NO8P2/c9-7(17(12)13,16-18(14)15)5-2-1-3-6(4-5)8(10)11/h1-4,9H/p+2. The van der Waals surface area contributed by atoms with Gasteiger partial charge in [0.2, 0.25) is 0 Å². The number of nitro benzene ring substituents is 1. The predicted molar refractivity (Wildman–Crippen MR) is 57.7 cm³/mol. The van der Waals surface area contributed by atoms with Crippen LogP contribution in [0.4, 0.5) is 5.69 Å². The fourth-order valence-electron chi connectivity index (χ4n) is 1.13. The van der Waals surface area contributed by atoms with Gasteiger partial charge in [-0.1, -0.05) is 6.07 Å². The van der Waals surface area contributed by atoms with E-state index in [2.05, 4.69) is 4.52 Å². The minimum absolute atomic E-state index is 0.473. The van der Waals surface area contributed by atoms with E-state index >= 15 is 0 Å². The van der Waals surface area contributed by atoms with Crippen molar-refractivity contribution in [3.05, 3.63) is 39.9 Å². The summed E-state index contributed by atoms with van der Waals surface area (Å²) >= 11 is 0. The number of rotatable bonds is 5. The summed E-state index contributed by atoms with van der Waals surface area (Å²) in [7, 11) is -6.85. The Bertz CT molecular complexity index is 520. The molecule has 1 aromatic carbocycles. The van der Waals surface area contributed by atoms with E-state index in [0.717, 1.165) is 24.3 Å². The number of aliphatic hydroxyl groups is 1. The topological polar surface area (TPSA) is 147 Å². The summed E-state index contributed by atoms with van der Waals surface area (Å²) in [5.41, 5.74) is -3.93. The molecule has 0 spiro atoms. The summed E-state index contributed by atoms with van der Waals surface area (Å²) in [4.78, 5) is 27.2. The highest BCUT2D eigenvalue weighted by Crippen LogP contribution is 2.48. The van der Waals surface area contributed by atoms with Gasteiger partial charge in [0, 0.05) is 16.7 Å². The molecule has 0 heterocycles. The van der Waals surface area contributed by atoms with Gasteiger partial charge >= 0.3 is 21.8 Å². The maximum Gasteiger partial charge on any atom is 0.702 e. The number of nitrogens with zero attached hydrogens (tertiary/aromatic N) is 1. The first-order valence-electron chi connectivity index (χ1n) is 4.26. The van der Waals surface area contributed by atoms with Crippen molar-refractivity contribution in [2.24, 2.45) is 0 Å². The van der Waals surface area contributed by atoms with E-state index in [-0.39, 0.29) is 0 Å². The van der Waals surface area contributed by atoms with Gasteiger partial charge in [-0.15, -0.1) is 4.89 Å². The molecule has 0 saturated heterocycles. The lowest BCUT2D eigenvalue weighted by Crippen LogP contribution is -2.22. The minimum Gasteiger partial charge on any atom is -0.317 e. The SMILES string of the molecule is O=[N+]([O-])c1cccc(C(O)(O[P+](=O)O)[P+](=O)O)c1. The van der Waals surface area contributed by atoms with E-state index in [0.29, 0.717) is 0 Å². The van der Waals surface area contributed by atoms with Crippen LogP contribution in [0.2, 0.25) is 0 Å². The molecule has 11 heteroatoms. The first-order chi connectivity index (χ1) is 8.27. The molecule has 96 valence electrons. The van der Waals surface area contributed by atoms with Gasteiger partial charge in [0.05, 0.1) is 10.5 Å². The number of benzene rings is 1. The first kappa shape index (κ1) is 14.7. The summed E-state index contributed by atoms with van der Waals surface area (Å²) < 4.78 is 25.6. The third-order valence-corrected chi connectivity index (χ3v) is 3.33. The zero-order valence-corrected chi connectivity index (χ0v) is 10.3. The molecule has 0 amide bonds. The maximum atomic E-state index is 11.0. The fourth-order valence-corrected chi connectivity index (χ4v) is 2.30. The van der Waals surface area contributed by atoms with E-state index in [9.17, 15) is 24.4 Å². The molecule has 0 saturated carbocycles. The van der Waals surface area contributed by atoms with Crippen LogP contribution in [0.3, 0.4) is 0 Å². The van der Waals surface area contributed by atoms with Gasteiger partial charge in [-0.05, 0) is 15.2 Å². The van der Waals surface area contributed by atoms with Crippen LogP contribution in [0.25, 0.3) is 0 Å². The fraction of sp³-hybridized carbons (Fsp3) is 0.143. The van der Waals surface area contributed by atoms with Crippen molar-refractivity contribution >= 4 is 22.0 Å². The molecule has 0 bridgehead atoms. The predicted octanol–water partition coefficient (Wildman–Crippen LogP) is 1.10. The van der Waals surface area contributed by atoms with Crippen molar-refractivity contribution in [3.8, 4) is 0 Å². The number of hydrogen-bond acceptors (Lipinski definition) is 6. The van der Waals surface area contributed by atoms with E-state index in [1.807, 2.05) is 0 Å². The Morgan fingerprint density at radius 1 is 1.33 bits per heavy atom. The van der Waals surface area contributed by atoms with Crippen molar-refractivity contribution in [3.63, 3.8) is 0 Å². The third kappa shape index (κ3) is 3.11. The van der Waals surface area contributed by atoms with Gasteiger partial charge in [0.15, 0.2) is 0 Å². The Balaban J connectivity index is 3.30. The summed E-state index contributed by atoms with van der Waals surface area (Å²) in [6, 6.07) is 4.02. The zero-order valence-electron chi connectivity index (χ0n) is 8.53. The summed E-state index contributed by atoms with van der Waals surface area (Å²) in [6.45, 7) is 0. The highest BCUT2D eigenvalue weighted by molar-refractivity contribution is 7.40. The Hall–Kier alpha value is -1.34. The summed E-state index contributed by atoms with van der Waals surface area (Å²) in [5.74, 6) is 0. The van der Waals surface area contributed by atoms with Crippen molar-refractivity contribution in [1.82, 2.24) is 0 Å². The molecule has 1 aromatic rings. The molecule has 0 aromatic heterocycles. The van der Waals surface area contributed by atoms with Crippen molar-refractivity contribution in [2.75, 3.05) is 0 Å². The average Bonchev–Trinajstić information content (AvgIpc) is 2.27. The van der Waals surface area contributed by atoms with E-state index in [1.165, 1.54) is 0 Å². The number of hydrogen-bond donors (Lipinski definition) is 3. The Morgan fingerprint density at radius 2 is 1.94 bits per heavy atom. The molecule has 3 N–H and O–H groups in total. The molecule has 1 rings (SSSR count). The zero-order chi connectivity index (χ0) is 13.9. The Labute approximate surface area is 102 Å². The molecule has 0 fully saturated rings. The van der Waals surface area contributed by atoms with Crippen molar-refractivity contribution < 1.29 is 33.5 Å². The second kappa shape index (κ2) is 5.53. The van der Waals surface area contributed by atoms with Crippen LogP contribution in [0.1, 0.15) is 5.56 Å². The monoisotopic (exact) mass is 295 g/mol. The molecule has 18 heavy (non-hydrogen) atoms. The lowest BCUT2D eigenvalue weighted by atomic mass is 10.2. The van der Waals surface area contributed by atoms with Crippen LogP contribution in [0.15, 0.2) is 24.3 Å². The highest BCUT2D eigenvalue weighted by Gasteiger charge is 2.59. The average molecular weight is 295 g/mol. The second-order valence-electron chi connectivity index (χ2n) is 3.02. The normalized spacial score (nSPS) is 15.7. The highest BCUT2D eigenvalue weighted by atomic mass is 31.1. The smallest absolute Gasteiger partial charge is 0.317 e. The molecule has 0 aliphatic heterocycles. The van der Waals surface area contributed by atoms with Gasteiger partial charge in [0.1, 0.15) is 0 Å². The van der Waals surface area contributed by atoms with Crippen molar-refractivity contribution in [1.29, 1.82) is 0 Å². The Kier molecular flexibility index (Phi) is 4.53. The minimum atomic E-state index is -3.47. The molecule has 0 aliphatic carbocycles. The van der Waals surface area contributed by atoms with Crippen LogP contribution in [-0.4, -0.2) is 19.8 Å². The third-order valence-electron chi connectivity index (χ3n) is 1.90. The lowest BCUT2D eigenvalue weighted by Gasteiger charge is -2.07. The van der Waals surface area contributed by atoms with E-state index in [1.54, 1.807) is 0 Å². The summed E-state index contributed by atoms with van der Waals surface area (Å²) in [5, 5.41) is 20.2. The van der Waals surface area contributed by atoms with Gasteiger partial charge in [-0.2, -0.15) is 4.89 Å². The number of nitro groups is 1. The second-order valence-corrected chi connectivity index (χ2v) is 4.83. The van der Waals surface area contributed by atoms with E-state index < -0.39 is 38.0 Å². The first-order valence-corrected chi connectivity index (χ1v) is 6.60. The summed E-state index contributed by atoms with van der Waals surface area (Å²) in [6.07, 6.45) is 0. The lowest BCUT2D eigenvalue weighted by molar-refractivity contribution is -0.385. The van der Waals surface area contributed by atoms with Gasteiger partial charge in [-0.3, -0.25) is 10.1 Å². The molecule has 9 nitrogen and oxygen atoms in total. The van der Waals surface area contributed by atoms with Crippen molar-refractivity contribution in [2.45, 2.75) is 5.53 Å². The molecular weight excluding hydrogens is 288 g/mol. The quantitative estimate of drug-likeness (QED) is 0.316.